The van der Waals surface area contributed by atoms with Crippen LogP contribution >= 0.6 is 0 Å². The van der Waals surface area contributed by atoms with Gasteiger partial charge in [-0.05, 0) is 36.5 Å². The van der Waals surface area contributed by atoms with Crippen molar-refractivity contribution in [1.82, 2.24) is 0 Å². The lowest BCUT2D eigenvalue weighted by Gasteiger charge is -2.48. The van der Waals surface area contributed by atoms with Crippen LogP contribution in [0, 0.1) is 5.92 Å². The largest absolute Gasteiger partial charge is 0.497 e. The fourth-order valence-electron chi connectivity index (χ4n) is 3.12. The summed E-state index contributed by atoms with van der Waals surface area (Å²) in [5.41, 5.74) is 7.62. The Morgan fingerprint density at radius 2 is 1.94 bits per heavy atom. The molecule has 1 aliphatic rings. The van der Waals surface area contributed by atoms with Crippen molar-refractivity contribution in [3.8, 4) is 5.75 Å². The zero-order valence-corrected chi connectivity index (χ0v) is 10.9. The van der Waals surface area contributed by atoms with Crippen molar-refractivity contribution in [3.63, 3.8) is 0 Å². The molecule has 2 N–H and O–H groups in total. The fourth-order valence-corrected chi connectivity index (χ4v) is 3.12. The van der Waals surface area contributed by atoms with E-state index in [9.17, 15) is 0 Å². The minimum absolute atomic E-state index is 0.242. The van der Waals surface area contributed by atoms with E-state index in [1.54, 1.807) is 7.11 Å². The van der Waals surface area contributed by atoms with Crippen LogP contribution in [0.5, 0.6) is 5.75 Å². The van der Waals surface area contributed by atoms with Gasteiger partial charge < -0.3 is 10.5 Å². The van der Waals surface area contributed by atoms with E-state index >= 15 is 0 Å². The molecule has 1 saturated carbocycles. The predicted molar refractivity (Wildman–Crippen MR) is 71.4 cm³/mol. The topological polar surface area (TPSA) is 35.2 Å². The molecule has 0 bridgehead atoms. The average molecular weight is 233 g/mol. The summed E-state index contributed by atoms with van der Waals surface area (Å²) in [6, 6.07) is 8.43. The number of ether oxygens (including phenoxy) is 1. The fraction of sp³-hybridized carbons (Fsp3) is 0.600. The molecular weight excluding hydrogens is 210 g/mol. The monoisotopic (exact) mass is 233 g/mol. The van der Waals surface area contributed by atoms with Crippen molar-refractivity contribution in [2.24, 2.45) is 11.7 Å². The second kappa shape index (κ2) is 5.09. The van der Waals surface area contributed by atoms with Crippen molar-refractivity contribution >= 4 is 0 Å². The molecule has 2 nitrogen and oxygen atoms in total. The summed E-state index contributed by atoms with van der Waals surface area (Å²) >= 11 is 0. The Labute approximate surface area is 104 Å². The van der Waals surface area contributed by atoms with E-state index in [0.29, 0.717) is 0 Å². The van der Waals surface area contributed by atoms with E-state index in [0.717, 1.165) is 18.2 Å². The third kappa shape index (κ3) is 2.32. The summed E-state index contributed by atoms with van der Waals surface area (Å²) in [5.74, 6) is 1.80. The Balaban J connectivity index is 2.08. The van der Waals surface area contributed by atoms with Crippen LogP contribution in [0.25, 0.3) is 0 Å². The Bertz CT molecular complexity index is 352. The summed E-state index contributed by atoms with van der Waals surface area (Å²) in [5, 5.41) is 0. The van der Waals surface area contributed by atoms with E-state index in [4.69, 9.17) is 10.5 Å². The van der Waals surface area contributed by atoms with Crippen LogP contribution in [0.2, 0.25) is 0 Å². The molecule has 1 aliphatic carbocycles. The number of benzene rings is 1. The van der Waals surface area contributed by atoms with Gasteiger partial charge in [0.25, 0.3) is 0 Å². The van der Waals surface area contributed by atoms with Gasteiger partial charge in [0.15, 0.2) is 0 Å². The van der Waals surface area contributed by atoms with Crippen LogP contribution in [-0.2, 0) is 5.41 Å². The highest BCUT2D eigenvalue weighted by Gasteiger charge is 2.43. The molecular formula is C15H23NO. The average Bonchev–Trinajstić information content (AvgIpc) is 2.34. The van der Waals surface area contributed by atoms with Gasteiger partial charge in [-0.1, -0.05) is 31.9 Å². The third-order valence-corrected chi connectivity index (χ3v) is 4.15. The first-order valence-electron chi connectivity index (χ1n) is 6.58. The van der Waals surface area contributed by atoms with Crippen LogP contribution in [0.4, 0.5) is 0 Å². The van der Waals surface area contributed by atoms with Crippen LogP contribution in [0.15, 0.2) is 24.3 Å². The normalized spacial score (nSPS) is 27.6. The molecule has 0 aromatic heterocycles. The van der Waals surface area contributed by atoms with Crippen LogP contribution in [0.1, 0.15) is 38.2 Å². The Hall–Kier alpha value is -1.02. The number of nitrogens with two attached hydrogens (primary N) is 1. The van der Waals surface area contributed by atoms with Crippen LogP contribution < -0.4 is 10.5 Å². The van der Waals surface area contributed by atoms with Crippen molar-refractivity contribution in [2.75, 3.05) is 13.7 Å². The maximum absolute atomic E-state index is 6.00. The Morgan fingerprint density at radius 1 is 1.29 bits per heavy atom. The molecule has 1 fully saturated rings. The first kappa shape index (κ1) is 12.4. The summed E-state index contributed by atoms with van der Waals surface area (Å²) in [6.45, 7) is 3.02. The zero-order valence-electron chi connectivity index (χ0n) is 10.9. The van der Waals surface area contributed by atoms with Crippen molar-refractivity contribution in [1.29, 1.82) is 0 Å². The summed E-state index contributed by atoms with van der Waals surface area (Å²) in [4.78, 5) is 0. The smallest absolute Gasteiger partial charge is 0.118 e. The summed E-state index contributed by atoms with van der Waals surface area (Å²) < 4.78 is 5.20. The molecule has 94 valence electrons. The molecule has 1 aromatic rings. The molecule has 0 saturated heterocycles. The first-order valence-corrected chi connectivity index (χ1v) is 6.58. The second-order valence-electron chi connectivity index (χ2n) is 5.28. The molecule has 0 aliphatic heterocycles. The van der Waals surface area contributed by atoms with Gasteiger partial charge in [0.05, 0.1) is 7.11 Å². The molecule has 0 amide bonds. The van der Waals surface area contributed by atoms with E-state index in [-0.39, 0.29) is 5.41 Å². The van der Waals surface area contributed by atoms with Gasteiger partial charge >= 0.3 is 0 Å². The predicted octanol–water partition coefficient (Wildman–Crippen LogP) is 3.10. The van der Waals surface area contributed by atoms with Crippen molar-refractivity contribution < 1.29 is 4.74 Å². The van der Waals surface area contributed by atoms with Gasteiger partial charge in [-0.2, -0.15) is 0 Å². The van der Waals surface area contributed by atoms with Crippen LogP contribution in [-0.4, -0.2) is 13.7 Å². The van der Waals surface area contributed by atoms with Gasteiger partial charge in [-0.15, -0.1) is 0 Å². The summed E-state index contributed by atoms with van der Waals surface area (Å²) in [6.07, 6.45) is 5.14. The highest BCUT2D eigenvalue weighted by molar-refractivity contribution is 5.34. The van der Waals surface area contributed by atoms with E-state index in [1.807, 2.05) is 12.1 Å². The standard InChI is InChI=1S/C15H23NO/c1-3-4-12-9-15(10-12,11-16)13-5-7-14(17-2)8-6-13/h5-8,12H,3-4,9-11,16H2,1-2H3. The maximum Gasteiger partial charge on any atom is 0.118 e. The molecule has 0 atom stereocenters. The minimum Gasteiger partial charge on any atom is -0.497 e. The third-order valence-electron chi connectivity index (χ3n) is 4.15. The second-order valence-corrected chi connectivity index (χ2v) is 5.28. The lowest BCUT2D eigenvalue weighted by atomic mass is 9.57. The molecule has 0 heterocycles. The van der Waals surface area contributed by atoms with Gasteiger partial charge in [-0.3, -0.25) is 0 Å². The molecule has 1 aromatic carbocycles. The zero-order chi connectivity index (χ0) is 12.3. The van der Waals surface area contributed by atoms with Crippen LogP contribution in [0.3, 0.4) is 0 Å². The molecule has 0 radical (unpaired) electrons. The van der Waals surface area contributed by atoms with Gasteiger partial charge in [0.1, 0.15) is 5.75 Å². The van der Waals surface area contributed by atoms with E-state index < -0.39 is 0 Å². The van der Waals surface area contributed by atoms with Crippen molar-refractivity contribution in [3.05, 3.63) is 29.8 Å². The highest BCUT2D eigenvalue weighted by atomic mass is 16.5. The van der Waals surface area contributed by atoms with Gasteiger partial charge in [0.2, 0.25) is 0 Å². The number of rotatable bonds is 5. The van der Waals surface area contributed by atoms with E-state index in [1.165, 1.54) is 31.2 Å². The Kier molecular flexibility index (Phi) is 3.72. The lowest BCUT2D eigenvalue weighted by Crippen LogP contribution is -2.47. The SMILES string of the molecule is CCCC1CC(CN)(c2ccc(OC)cc2)C1. The Morgan fingerprint density at radius 3 is 2.41 bits per heavy atom. The lowest BCUT2D eigenvalue weighted by molar-refractivity contribution is 0.139. The molecule has 0 spiro atoms. The van der Waals surface area contributed by atoms with Crippen molar-refractivity contribution in [2.45, 2.75) is 38.0 Å². The molecule has 17 heavy (non-hydrogen) atoms. The van der Waals surface area contributed by atoms with Gasteiger partial charge in [-0.25, -0.2) is 0 Å². The first-order chi connectivity index (χ1) is 8.24. The number of hydrogen-bond donors (Lipinski definition) is 1. The number of hydrogen-bond acceptors (Lipinski definition) is 2. The maximum atomic E-state index is 6.00. The molecule has 0 unspecified atom stereocenters. The highest BCUT2D eigenvalue weighted by Crippen LogP contribution is 2.49. The summed E-state index contributed by atoms with van der Waals surface area (Å²) in [7, 11) is 1.70. The van der Waals surface area contributed by atoms with E-state index in [2.05, 4.69) is 19.1 Å². The molecule has 2 heteroatoms. The minimum atomic E-state index is 0.242. The molecule has 2 rings (SSSR count). The van der Waals surface area contributed by atoms with Gasteiger partial charge in [0, 0.05) is 12.0 Å². The quantitative estimate of drug-likeness (QED) is 0.848. The number of methoxy groups -OCH3 is 1.